The molecule has 0 aliphatic heterocycles. The van der Waals surface area contributed by atoms with Crippen LogP contribution < -0.4 is 11.1 Å². The van der Waals surface area contributed by atoms with Gasteiger partial charge in [0.15, 0.2) is 6.61 Å². The molecule has 3 N–H and O–H groups in total. The van der Waals surface area contributed by atoms with Crippen molar-refractivity contribution in [3.8, 4) is 0 Å². The summed E-state index contributed by atoms with van der Waals surface area (Å²) in [5.74, 6) is 0.411. The number of aryl methyl sites for hydroxylation is 2. The van der Waals surface area contributed by atoms with Crippen molar-refractivity contribution >= 4 is 23.6 Å². The minimum Gasteiger partial charge on any atom is -0.456 e. The first kappa shape index (κ1) is 20.0. The number of nitrogens with two attached hydrogens (primary N) is 1. The van der Waals surface area contributed by atoms with Crippen LogP contribution in [0, 0.1) is 19.8 Å². The number of rotatable bonds is 6. The second-order valence-electron chi connectivity index (χ2n) is 7.54. The van der Waals surface area contributed by atoms with E-state index in [9.17, 15) is 9.59 Å². The van der Waals surface area contributed by atoms with Crippen molar-refractivity contribution in [3.05, 3.63) is 17.0 Å². The molecule has 9 nitrogen and oxygen atoms in total. The maximum absolute atomic E-state index is 12.1. The van der Waals surface area contributed by atoms with E-state index in [1.165, 1.54) is 6.42 Å². The molecular weight excluding hydrogens is 360 g/mol. The average Bonchev–Trinajstić information content (AvgIpc) is 3.02. The molecule has 0 aromatic carbocycles. The Morgan fingerprint density at radius 1 is 1.25 bits per heavy atom. The van der Waals surface area contributed by atoms with E-state index in [2.05, 4.69) is 27.3 Å². The summed E-state index contributed by atoms with van der Waals surface area (Å²) in [6.45, 7) is 5.65. The number of carbonyl (C=O) groups excluding carboxylic acids is 2. The van der Waals surface area contributed by atoms with Gasteiger partial charge in [-0.1, -0.05) is 19.8 Å². The van der Waals surface area contributed by atoms with E-state index >= 15 is 0 Å². The van der Waals surface area contributed by atoms with Crippen LogP contribution in [0.5, 0.6) is 0 Å². The number of amides is 1. The number of nitrogens with zero attached hydrogens (tertiary/aromatic N) is 4. The van der Waals surface area contributed by atoms with Crippen molar-refractivity contribution < 1.29 is 14.3 Å². The number of carbonyl (C=O) groups is 2. The van der Waals surface area contributed by atoms with E-state index in [4.69, 9.17) is 10.5 Å². The topological polar surface area (TPSA) is 124 Å². The molecule has 9 heteroatoms. The standard InChI is InChI=1S/C19H28N6O3/c1-11-6-4-5-7-15(11)22-16(26)10-28-17(27)9-8-14-12(2)21-19-23-18(20)24-25(19)13(14)3/h11,15H,4-10H2,1-3H3,(H2,20,24)(H,22,26)/t11-,15+/m0/s1. The molecule has 3 rings (SSSR count). The van der Waals surface area contributed by atoms with E-state index in [0.717, 1.165) is 36.2 Å². The SMILES string of the molecule is Cc1nc2nc(N)nn2c(C)c1CCC(=O)OCC(=O)N[C@@H]1CCCC[C@@H]1C. The lowest BCUT2D eigenvalue weighted by Crippen LogP contribution is -2.42. The van der Waals surface area contributed by atoms with Gasteiger partial charge in [0.25, 0.3) is 11.7 Å². The largest absolute Gasteiger partial charge is 0.456 e. The Balaban J connectivity index is 1.50. The molecule has 0 unspecified atom stereocenters. The highest BCUT2D eigenvalue weighted by Crippen LogP contribution is 2.23. The van der Waals surface area contributed by atoms with Crippen molar-refractivity contribution in [1.82, 2.24) is 24.9 Å². The van der Waals surface area contributed by atoms with Gasteiger partial charge in [-0.05, 0) is 44.6 Å². The minimum absolute atomic E-state index is 0.157. The lowest BCUT2D eigenvalue weighted by molar-refractivity contribution is -0.148. The Morgan fingerprint density at radius 2 is 2.00 bits per heavy atom. The number of hydrogen-bond donors (Lipinski definition) is 2. The smallest absolute Gasteiger partial charge is 0.306 e. The van der Waals surface area contributed by atoms with E-state index < -0.39 is 5.97 Å². The number of nitrogen functional groups attached to an aromatic ring is 1. The molecule has 0 radical (unpaired) electrons. The molecule has 2 aromatic rings. The van der Waals surface area contributed by atoms with E-state index in [1.54, 1.807) is 4.52 Å². The molecule has 28 heavy (non-hydrogen) atoms. The van der Waals surface area contributed by atoms with Crippen molar-refractivity contribution in [1.29, 1.82) is 0 Å². The van der Waals surface area contributed by atoms with Gasteiger partial charge in [0.2, 0.25) is 5.95 Å². The molecule has 1 saturated carbocycles. The van der Waals surface area contributed by atoms with Gasteiger partial charge in [0.1, 0.15) is 0 Å². The highest BCUT2D eigenvalue weighted by molar-refractivity contribution is 5.80. The molecule has 1 aliphatic rings. The molecule has 1 amide bonds. The van der Waals surface area contributed by atoms with Crippen LogP contribution in [0.15, 0.2) is 0 Å². The first-order valence-electron chi connectivity index (χ1n) is 9.78. The molecule has 2 atom stereocenters. The van der Waals surface area contributed by atoms with Gasteiger partial charge < -0.3 is 15.8 Å². The van der Waals surface area contributed by atoms with Crippen molar-refractivity contribution in [3.63, 3.8) is 0 Å². The summed E-state index contributed by atoms with van der Waals surface area (Å²) >= 11 is 0. The second-order valence-corrected chi connectivity index (χ2v) is 7.54. The fourth-order valence-electron chi connectivity index (χ4n) is 3.81. The van der Waals surface area contributed by atoms with Crippen LogP contribution in [0.25, 0.3) is 5.78 Å². The van der Waals surface area contributed by atoms with Crippen LogP contribution in [-0.2, 0) is 20.7 Å². The zero-order valence-corrected chi connectivity index (χ0v) is 16.7. The molecular formula is C19H28N6O3. The number of fused-ring (bicyclic) bond motifs is 1. The number of aromatic nitrogens is 4. The van der Waals surface area contributed by atoms with E-state index in [0.29, 0.717) is 18.1 Å². The highest BCUT2D eigenvalue weighted by Gasteiger charge is 2.23. The lowest BCUT2D eigenvalue weighted by atomic mass is 9.86. The van der Waals surface area contributed by atoms with Crippen molar-refractivity contribution in [2.75, 3.05) is 12.3 Å². The van der Waals surface area contributed by atoms with Crippen LogP contribution in [0.4, 0.5) is 5.95 Å². The Kier molecular flexibility index (Phi) is 6.11. The van der Waals surface area contributed by atoms with Crippen LogP contribution in [0.2, 0.25) is 0 Å². The summed E-state index contributed by atoms with van der Waals surface area (Å²) in [4.78, 5) is 32.6. The van der Waals surface area contributed by atoms with E-state index in [-0.39, 0.29) is 30.9 Å². The monoisotopic (exact) mass is 388 g/mol. The zero-order valence-electron chi connectivity index (χ0n) is 16.7. The van der Waals surface area contributed by atoms with Gasteiger partial charge in [-0.15, -0.1) is 5.10 Å². The number of hydrogen-bond acceptors (Lipinski definition) is 7. The molecule has 0 saturated heterocycles. The van der Waals surface area contributed by atoms with Gasteiger partial charge >= 0.3 is 5.97 Å². The average molecular weight is 388 g/mol. The third kappa shape index (κ3) is 4.58. The summed E-state index contributed by atoms with van der Waals surface area (Å²) in [5.41, 5.74) is 8.14. The van der Waals surface area contributed by atoms with Crippen molar-refractivity contribution in [2.45, 2.75) is 65.3 Å². The first-order valence-corrected chi connectivity index (χ1v) is 9.78. The maximum atomic E-state index is 12.1. The first-order chi connectivity index (χ1) is 13.3. The predicted octanol–water partition coefficient (Wildman–Crippen LogP) is 1.49. The number of ether oxygens (including phenoxy) is 1. The van der Waals surface area contributed by atoms with Crippen LogP contribution in [0.3, 0.4) is 0 Å². The number of nitrogens with one attached hydrogen (secondary N) is 1. The van der Waals surface area contributed by atoms with Crippen LogP contribution in [0.1, 0.15) is 56.0 Å². The quantitative estimate of drug-likeness (QED) is 0.718. The fourth-order valence-corrected chi connectivity index (χ4v) is 3.81. The molecule has 1 fully saturated rings. The van der Waals surface area contributed by atoms with E-state index in [1.807, 2.05) is 13.8 Å². The summed E-state index contributed by atoms with van der Waals surface area (Å²) in [7, 11) is 0. The number of anilines is 1. The molecule has 0 spiro atoms. The Bertz CT molecular complexity index is 878. The van der Waals surface area contributed by atoms with Gasteiger partial charge in [-0.25, -0.2) is 4.98 Å². The Morgan fingerprint density at radius 3 is 2.75 bits per heavy atom. The Hall–Kier alpha value is -2.71. The second kappa shape index (κ2) is 8.53. The van der Waals surface area contributed by atoms with Crippen LogP contribution >= 0.6 is 0 Å². The number of esters is 1. The summed E-state index contributed by atoms with van der Waals surface area (Å²) in [6, 6.07) is 0.179. The minimum atomic E-state index is -0.413. The maximum Gasteiger partial charge on any atom is 0.306 e. The van der Waals surface area contributed by atoms with Gasteiger partial charge in [-0.2, -0.15) is 9.50 Å². The molecule has 2 heterocycles. The summed E-state index contributed by atoms with van der Waals surface area (Å²) in [6.07, 6.45) is 5.06. The van der Waals surface area contributed by atoms with Crippen molar-refractivity contribution in [2.24, 2.45) is 5.92 Å². The molecule has 1 aliphatic carbocycles. The highest BCUT2D eigenvalue weighted by atomic mass is 16.5. The van der Waals surface area contributed by atoms with Gasteiger partial charge in [0.05, 0.1) is 0 Å². The Labute approximate surface area is 164 Å². The van der Waals surface area contributed by atoms with Gasteiger partial charge in [0, 0.05) is 23.9 Å². The molecule has 0 bridgehead atoms. The normalized spacial score (nSPS) is 19.5. The predicted molar refractivity (Wildman–Crippen MR) is 104 cm³/mol. The van der Waals surface area contributed by atoms with Crippen LogP contribution in [-0.4, -0.2) is 44.1 Å². The summed E-state index contributed by atoms with van der Waals surface area (Å²) in [5, 5.41) is 7.10. The summed E-state index contributed by atoms with van der Waals surface area (Å²) < 4.78 is 6.72. The van der Waals surface area contributed by atoms with Gasteiger partial charge in [-0.3, -0.25) is 9.59 Å². The molecule has 2 aromatic heterocycles. The third-order valence-electron chi connectivity index (χ3n) is 5.47. The fraction of sp³-hybridized carbons (Fsp3) is 0.632. The third-order valence-corrected chi connectivity index (χ3v) is 5.47. The zero-order chi connectivity index (χ0) is 20.3. The molecule has 152 valence electrons. The lowest BCUT2D eigenvalue weighted by Gasteiger charge is -2.29.